The Balaban J connectivity index is 2.24. The fourth-order valence-corrected chi connectivity index (χ4v) is 3.42. The summed E-state index contributed by atoms with van der Waals surface area (Å²) in [6, 6.07) is 4.53. The average Bonchev–Trinajstić information content (AvgIpc) is 2.58. The van der Waals surface area contributed by atoms with Crippen LogP contribution in [0.4, 0.5) is 0 Å². The van der Waals surface area contributed by atoms with Gasteiger partial charge in [0.1, 0.15) is 11.2 Å². The van der Waals surface area contributed by atoms with Gasteiger partial charge in [-0.15, -0.1) is 0 Å². The highest BCUT2D eigenvalue weighted by Gasteiger charge is 2.19. The molecule has 2 heterocycles. The van der Waals surface area contributed by atoms with Crippen molar-refractivity contribution in [2.45, 2.75) is 60.2 Å². The number of carbonyl (C=O) groups is 1. The lowest BCUT2D eigenvalue weighted by molar-refractivity contribution is -0.941. The van der Waals surface area contributed by atoms with Crippen LogP contribution in [0.2, 0.25) is 0 Å². The first-order valence-corrected chi connectivity index (χ1v) is 9.40. The first-order chi connectivity index (χ1) is 12.3. The number of quaternary nitrogens is 1. The zero-order valence-electron chi connectivity index (χ0n) is 16.7. The summed E-state index contributed by atoms with van der Waals surface area (Å²) < 4.78 is 1.86. The van der Waals surface area contributed by atoms with Gasteiger partial charge in [0.25, 0.3) is 5.91 Å². The number of hydrogen-bond donors (Lipinski definition) is 2. The number of amides is 1. The number of nitrogens with zero attached hydrogens (tertiary/aromatic N) is 2. The predicted molar refractivity (Wildman–Crippen MR) is 105 cm³/mol. The van der Waals surface area contributed by atoms with E-state index in [0.29, 0.717) is 36.2 Å². The molecule has 0 fully saturated rings. The first-order valence-electron chi connectivity index (χ1n) is 9.40. The molecule has 6 nitrogen and oxygen atoms in total. The first kappa shape index (κ1) is 20.1. The summed E-state index contributed by atoms with van der Waals surface area (Å²) >= 11 is 0. The van der Waals surface area contributed by atoms with Crippen LogP contribution >= 0.6 is 0 Å². The van der Waals surface area contributed by atoms with Gasteiger partial charge < -0.3 is 14.8 Å². The molecule has 0 saturated carbocycles. The van der Waals surface area contributed by atoms with E-state index in [0.717, 1.165) is 12.2 Å². The maximum atomic E-state index is 12.7. The molecule has 2 rings (SSSR count). The number of fused-ring (bicyclic) bond motifs is 1. The standard InChI is InChI=1S/C20H30N4O2/c1-7-23-12-17(18(25)16-9-8-15(6)22-19(16)23)20(26)21-10-11-24(13(2)3)14(4)5/h8-9,12-14H,7,10-11H2,1-6H3,(H,21,26)/p+1. The quantitative estimate of drug-likeness (QED) is 0.779. The number of pyridine rings is 2. The van der Waals surface area contributed by atoms with Crippen LogP contribution in [0, 0.1) is 6.92 Å². The molecule has 1 amide bonds. The maximum absolute atomic E-state index is 12.7. The Hall–Kier alpha value is -2.21. The van der Waals surface area contributed by atoms with E-state index in [9.17, 15) is 9.59 Å². The summed E-state index contributed by atoms with van der Waals surface area (Å²) in [4.78, 5) is 31.2. The zero-order chi connectivity index (χ0) is 19.4. The Labute approximate surface area is 155 Å². The van der Waals surface area contributed by atoms with Gasteiger partial charge >= 0.3 is 0 Å². The van der Waals surface area contributed by atoms with E-state index in [-0.39, 0.29) is 16.9 Å². The van der Waals surface area contributed by atoms with Gasteiger partial charge in [-0.05, 0) is 53.7 Å². The molecule has 2 aromatic rings. The normalized spacial score (nSPS) is 11.7. The van der Waals surface area contributed by atoms with Crippen molar-refractivity contribution in [3.05, 3.63) is 39.8 Å². The summed E-state index contributed by atoms with van der Waals surface area (Å²) in [7, 11) is 0. The smallest absolute Gasteiger partial charge is 0.256 e. The van der Waals surface area contributed by atoms with Crippen LogP contribution in [0.3, 0.4) is 0 Å². The van der Waals surface area contributed by atoms with Gasteiger partial charge in [-0.2, -0.15) is 0 Å². The van der Waals surface area contributed by atoms with Crippen LogP contribution < -0.4 is 15.6 Å². The van der Waals surface area contributed by atoms with E-state index in [1.54, 1.807) is 18.3 Å². The third kappa shape index (κ3) is 4.30. The second kappa shape index (κ2) is 8.45. The lowest BCUT2D eigenvalue weighted by Crippen LogP contribution is -3.18. The Morgan fingerprint density at radius 1 is 1.23 bits per heavy atom. The fraction of sp³-hybridized carbons (Fsp3) is 0.550. The highest BCUT2D eigenvalue weighted by molar-refractivity contribution is 5.96. The number of aryl methyl sites for hydroxylation is 2. The van der Waals surface area contributed by atoms with Crippen LogP contribution in [0.5, 0.6) is 0 Å². The molecule has 0 aromatic carbocycles. The molecule has 0 aliphatic carbocycles. The number of aromatic nitrogens is 2. The third-order valence-electron chi connectivity index (χ3n) is 4.83. The SMILES string of the molecule is CCn1cc(C(=O)NCC[NH+](C(C)C)C(C)C)c(=O)c2ccc(C)nc21. The average molecular weight is 359 g/mol. The van der Waals surface area contributed by atoms with Crippen molar-refractivity contribution >= 4 is 16.9 Å². The van der Waals surface area contributed by atoms with Crippen molar-refractivity contribution in [1.82, 2.24) is 14.9 Å². The summed E-state index contributed by atoms with van der Waals surface area (Å²) in [5.41, 5.74) is 1.40. The highest BCUT2D eigenvalue weighted by Crippen LogP contribution is 2.10. The largest absolute Gasteiger partial charge is 0.346 e. The monoisotopic (exact) mass is 359 g/mol. The molecule has 0 saturated heterocycles. The minimum absolute atomic E-state index is 0.181. The number of carbonyl (C=O) groups excluding carboxylic acids is 1. The summed E-state index contributed by atoms with van der Waals surface area (Å²) in [5.74, 6) is -0.313. The number of hydrogen-bond acceptors (Lipinski definition) is 3. The molecule has 0 aliphatic rings. The van der Waals surface area contributed by atoms with Crippen LogP contribution in [-0.2, 0) is 6.54 Å². The van der Waals surface area contributed by atoms with Gasteiger partial charge in [-0.3, -0.25) is 9.59 Å². The van der Waals surface area contributed by atoms with Crippen LogP contribution in [-0.4, -0.2) is 40.6 Å². The van der Waals surface area contributed by atoms with Gasteiger partial charge in [0.15, 0.2) is 0 Å². The molecular formula is C20H31N4O2+. The molecule has 26 heavy (non-hydrogen) atoms. The highest BCUT2D eigenvalue weighted by atomic mass is 16.2. The molecular weight excluding hydrogens is 328 g/mol. The minimum Gasteiger partial charge on any atom is -0.346 e. The predicted octanol–water partition coefficient (Wildman–Crippen LogP) is 1.16. The maximum Gasteiger partial charge on any atom is 0.256 e. The Morgan fingerprint density at radius 2 is 1.88 bits per heavy atom. The van der Waals surface area contributed by atoms with Crippen LogP contribution in [0.1, 0.15) is 50.7 Å². The van der Waals surface area contributed by atoms with Gasteiger partial charge in [-0.25, -0.2) is 4.98 Å². The lowest BCUT2D eigenvalue weighted by Gasteiger charge is -2.27. The molecule has 142 valence electrons. The second-order valence-electron chi connectivity index (χ2n) is 7.37. The van der Waals surface area contributed by atoms with Crippen LogP contribution in [0.15, 0.2) is 23.1 Å². The van der Waals surface area contributed by atoms with Crippen LogP contribution in [0.25, 0.3) is 11.0 Å². The molecule has 0 atom stereocenters. The Morgan fingerprint density at radius 3 is 2.46 bits per heavy atom. The van der Waals surface area contributed by atoms with Crippen molar-refractivity contribution in [2.75, 3.05) is 13.1 Å². The Bertz CT molecular complexity index is 832. The van der Waals surface area contributed by atoms with Crippen molar-refractivity contribution in [3.63, 3.8) is 0 Å². The van der Waals surface area contributed by atoms with Crippen molar-refractivity contribution in [2.24, 2.45) is 0 Å². The van der Waals surface area contributed by atoms with E-state index in [4.69, 9.17) is 0 Å². The van der Waals surface area contributed by atoms with Gasteiger partial charge in [0.05, 0.1) is 30.6 Å². The molecule has 0 aliphatic heterocycles. The van der Waals surface area contributed by atoms with E-state index < -0.39 is 0 Å². The summed E-state index contributed by atoms with van der Waals surface area (Å²) in [6.45, 7) is 14.6. The minimum atomic E-state index is -0.313. The van der Waals surface area contributed by atoms with Gasteiger partial charge in [-0.1, -0.05) is 0 Å². The molecule has 0 bridgehead atoms. The van der Waals surface area contributed by atoms with E-state index in [1.165, 1.54) is 4.90 Å². The molecule has 2 N–H and O–H groups in total. The van der Waals surface area contributed by atoms with Gasteiger partial charge in [0, 0.05) is 18.4 Å². The Kier molecular flexibility index (Phi) is 6.53. The van der Waals surface area contributed by atoms with Crippen molar-refractivity contribution in [3.8, 4) is 0 Å². The molecule has 6 heteroatoms. The van der Waals surface area contributed by atoms with Crippen molar-refractivity contribution in [1.29, 1.82) is 0 Å². The molecule has 2 aromatic heterocycles. The van der Waals surface area contributed by atoms with E-state index >= 15 is 0 Å². The van der Waals surface area contributed by atoms with Crippen molar-refractivity contribution < 1.29 is 9.69 Å². The number of nitrogens with one attached hydrogen (secondary N) is 2. The molecule has 0 unspecified atom stereocenters. The lowest BCUT2D eigenvalue weighted by atomic mass is 10.1. The van der Waals surface area contributed by atoms with E-state index in [1.807, 2.05) is 18.4 Å². The molecule has 0 spiro atoms. The summed E-state index contributed by atoms with van der Waals surface area (Å²) in [5, 5.41) is 3.40. The van der Waals surface area contributed by atoms with Gasteiger partial charge in [0.2, 0.25) is 5.43 Å². The fourth-order valence-electron chi connectivity index (χ4n) is 3.42. The third-order valence-corrected chi connectivity index (χ3v) is 4.83. The molecule has 0 radical (unpaired) electrons. The summed E-state index contributed by atoms with van der Waals surface area (Å²) in [6.07, 6.45) is 1.63. The zero-order valence-corrected chi connectivity index (χ0v) is 16.7. The van der Waals surface area contributed by atoms with E-state index in [2.05, 4.69) is 38.0 Å². The topological polar surface area (TPSA) is 68.4 Å². The number of rotatable bonds is 7. The second-order valence-corrected chi connectivity index (χ2v) is 7.37.